The van der Waals surface area contributed by atoms with Crippen LogP contribution in [0.3, 0.4) is 0 Å². The lowest BCUT2D eigenvalue weighted by atomic mass is 10.3. The fourth-order valence-corrected chi connectivity index (χ4v) is 1.86. The number of benzene rings is 1. The Labute approximate surface area is 101 Å². The van der Waals surface area contributed by atoms with Crippen LogP contribution in [0, 0.1) is 0 Å². The zero-order chi connectivity index (χ0) is 10.7. The van der Waals surface area contributed by atoms with E-state index < -0.39 is 0 Å². The molecule has 0 aromatic heterocycles. The molecule has 0 spiro atoms. The fourth-order valence-electron chi connectivity index (χ4n) is 1.23. The van der Waals surface area contributed by atoms with Gasteiger partial charge in [0.15, 0.2) is 6.10 Å². The molecule has 15 heavy (non-hydrogen) atoms. The summed E-state index contributed by atoms with van der Waals surface area (Å²) in [4.78, 5) is 5.10. The monoisotopic (exact) mass is 289 g/mol. The molecule has 0 amide bonds. The molecule has 0 saturated heterocycles. The second-order valence-corrected chi connectivity index (χ2v) is 4.46. The molecule has 0 unspecified atom stereocenters. The molecule has 1 aromatic rings. The van der Waals surface area contributed by atoms with Gasteiger partial charge in [-0.15, -0.1) is 0 Å². The lowest BCUT2D eigenvalue weighted by Gasteiger charge is -2.11. The maximum atomic E-state index is 5.93. The molecule has 0 N–H and O–H groups in total. The summed E-state index contributed by atoms with van der Waals surface area (Å²) in [5.74, 6) is 0.672. The van der Waals surface area contributed by atoms with Gasteiger partial charge in [-0.3, -0.25) is 0 Å². The van der Waals surface area contributed by atoms with Crippen molar-refractivity contribution in [1.29, 1.82) is 0 Å². The predicted octanol–water partition coefficient (Wildman–Crippen LogP) is 3.22. The third-order valence-corrected chi connectivity index (χ3v) is 2.74. The van der Waals surface area contributed by atoms with E-state index >= 15 is 0 Å². The Morgan fingerprint density at radius 1 is 1.53 bits per heavy atom. The first-order chi connectivity index (χ1) is 7.25. The zero-order valence-electron chi connectivity index (χ0n) is 7.82. The molecule has 0 bridgehead atoms. The molecule has 1 atom stereocenters. The van der Waals surface area contributed by atoms with Gasteiger partial charge >= 0.3 is 0 Å². The van der Waals surface area contributed by atoms with E-state index in [1.165, 1.54) is 0 Å². The number of hydrogen-bond acceptors (Lipinski definition) is 3. The van der Waals surface area contributed by atoms with Crippen LogP contribution >= 0.6 is 27.5 Å². The van der Waals surface area contributed by atoms with Gasteiger partial charge in [0.05, 0.1) is 5.02 Å². The summed E-state index contributed by atoms with van der Waals surface area (Å²) in [5, 5.41) is 4.38. The van der Waals surface area contributed by atoms with Crippen molar-refractivity contribution in [2.24, 2.45) is 5.16 Å². The third kappa shape index (κ3) is 2.86. The molecule has 80 valence electrons. The first-order valence-electron chi connectivity index (χ1n) is 4.51. The molecule has 2 rings (SSSR count). The molecular weight excluding hydrogens is 281 g/mol. The maximum Gasteiger partial charge on any atom is 0.167 e. The minimum absolute atomic E-state index is 0.0318. The van der Waals surface area contributed by atoms with Crippen molar-refractivity contribution < 1.29 is 9.57 Å². The minimum atomic E-state index is -0.0318. The van der Waals surface area contributed by atoms with Gasteiger partial charge in [-0.05, 0) is 28.1 Å². The SMILES string of the molecule is Clc1ccccc1OC[C@@H]1CC(Br)=NO1. The summed E-state index contributed by atoms with van der Waals surface area (Å²) < 4.78 is 6.33. The topological polar surface area (TPSA) is 30.8 Å². The first kappa shape index (κ1) is 10.8. The highest BCUT2D eigenvalue weighted by Gasteiger charge is 2.20. The Hall–Kier alpha value is -0.740. The molecule has 0 radical (unpaired) electrons. The molecule has 0 fully saturated rings. The van der Waals surface area contributed by atoms with Gasteiger partial charge in [-0.25, -0.2) is 0 Å². The van der Waals surface area contributed by atoms with Crippen LogP contribution in [0.2, 0.25) is 5.02 Å². The Balaban J connectivity index is 1.86. The van der Waals surface area contributed by atoms with Crippen LogP contribution in [-0.4, -0.2) is 17.3 Å². The number of halogens is 2. The second kappa shape index (κ2) is 4.86. The van der Waals surface area contributed by atoms with Gasteiger partial charge in [-0.1, -0.05) is 28.9 Å². The first-order valence-corrected chi connectivity index (χ1v) is 5.68. The Morgan fingerprint density at radius 3 is 3.00 bits per heavy atom. The highest BCUT2D eigenvalue weighted by atomic mass is 79.9. The lowest BCUT2D eigenvalue weighted by Crippen LogP contribution is -2.17. The summed E-state index contributed by atoms with van der Waals surface area (Å²) in [6, 6.07) is 7.36. The number of oxime groups is 1. The van der Waals surface area contributed by atoms with E-state index in [-0.39, 0.29) is 6.10 Å². The largest absolute Gasteiger partial charge is 0.488 e. The number of rotatable bonds is 3. The van der Waals surface area contributed by atoms with Gasteiger partial charge in [0.2, 0.25) is 0 Å². The van der Waals surface area contributed by atoms with Crippen LogP contribution in [0.25, 0.3) is 0 Å². The van der Waals surface area contributed by atoms with Crippen LogP contribution in [-0.2, 0) is 4.84 Å². The van der Waals surface area contributed by atoms with E-state index in [1.54, 1.807) is 6.07 Å². The summed E-state index contributed by atoms with van der Waals surface area (Å²) in [6.07, 6.45) is 0.709. The van der Waals surface area contributed by atoms with Crippen molar-refractivity contribution >= 4 is 32.2 Å². The predicted molar refractivity (Wildman–Crippen MR) is 62.8 cm³/mol. The lowest BCUT2D eigenvalue weighted by molar-refractivity contribution is 0.0471. The number of nitrogens with zero attached hydrogens (tertiary/aromatic N) is 1. The van der Waals surface area contributed by atoms with E-state index in [1.807, 2.05) is 18.2 Å². The van der Waals surface area contributed by atoms with Crippen LogP contribution in [0.4, 0.5) is 0 Å². The maximum absolute atomic E-state index is 5.93. The fraction of sp³-hybridized carbons (Fsp3) is 0.300. The van der Waals surface area contributed by atoms with Crippen molar-refractivity contribution in [2.75, 3.05) is 6.61 Å². The quantitative estimate of drug-likeness (QED) is 0.856. The van der Waals surface area contributed by atoms with E-state index in [4.69, 9.17) is 21.2 Å². The average molecular weight is 291 g/mol. The van der Waals surface area contributed by atoms with Crippen LogP contribution in [0.15, 0.2) is 29.4 Å². The molecule has 5 heteroatoms. The Bertz CT molecular complexity index is 383. The van der Waals surface area contributed by atoms with Gasteiger partial charge in [0, 0.05) is 6.42 Å². The average Bonchev–Trinajstić information content (AvgIpc) is 2.63. The molecule has 1 aliphatic rings. The third-order valence-electron chi connectivity index (χ3n) is 1.96. The highest BCUT2D eigenvalue weighted by Crippen LogP contribution is 2.24. The molecule has 3 nitrogen and oxygen atoms in total. The minimum Gasteiger partial charge on any atom is -0.488 e. The van der Waals surface area contributed by atoms with Crippen molar-refractivity contribution in [3.63, 3.8) is 0 Å². The van der Waals surface area contributed by atoms with Crippen LogP contribution in [0.1, 0.15) is 6.42 Å². The summed E-state index contributed by atoms with van der Waals surface area (Å²) in [6.45, 7) is 0.447. The van der Waals surface area contributed by atoms with E-state index in [0.29, 0.717) is 17.4 Å². The number of hydrogen-bond donors (Lipinski definition) is 0. The summed E-state index contributed by atoms with van der Waals surface area (Å²) in [7, 11) is 0. The Kier molecular flexibility index (Phi) is 3.49. The molecule has 1 aromatic carbocycles. The van der Waals surface area contributed by atoms with Crippen molar-refractivity contribution in [1.82, 2.24) is 0 Å². The van der Waals surface area contributed by atoms with E-state index in [9.17, 15) is 0 Å². The van der Waals surface area contributed by atoms with Gasteiger partial charge in [-0.2, -0.15) is 0 Å². The van der Waals surface area contributed by atoms with Gasteiger partial charge < -0.3 is 9.57 Å². The molecule has 0 saturated carbocycles. The van der Waals surface area contributed by atoms with Crippen LogP contribution < -0.4 is 4.74 Å². The molecule has 1 aliphatic heterocycles. The van der Waals surface area contributed by atoms with Crippen LogP contribution in [0.5, 0.6) is 5.75 Å². The van der Waals surface area contributed by atoms with Crippen molar-refractivity contribution in [3.8, 4) is 5.75 Å². The van der Waals surface area contributed by atoms with Crippen molar-refractivity contribution in [3.05, 3.63) is 29.3 Å². The molecule has 1 heterocycles. The van der Waals surface area contributed by atoms with Gasteiger partial charge in [0.25, 0.3) is 0 Å². The van der Waals surface area contributed by atoms with Crippen molar-refractivity contribution in [2.45, 2.75) is 12.5 Å². The highest BCUT2D eigenvalue weighted by molar-refractivity contribution is 9.18. The van der Waals surface area contributed by atoms with E-state index in [2.05, 4.69) is 21.1 Å². The Morgan fingerprint density at radius 2 is 2.33 bits per heavy atom. The van der Waals surface area contributed by atoms with E-state index in [0.717, 1.165) is 11.0 Å². The van der Waals surface area contributed by atoms with Gasteiger partial charge in [0.1, 0.15) is 17.0 Å². The standard InChI is InChI=1S/C10H9BrClNO2/c11-10-5-7(15-13-10)6-14-9-4-2-1-3-8(9)12/h1-4,7H,5-6H2/t7-/m0/s1. The molecular formula is C10H9BrClNO2. The number of para-hydroxylation sites is 1. The molecule has 0 aliphatic carbocycles. The zero-order valence-corrected chi connectivity index (χ0v) is 10.2. The normalized spacial score (nSPS) is 19.6. The number of ether oxygens (including phenoxy) is 1. The smallest absolute Gasteiger partial charge is 0.167 e. The summed E-state index contributed by atoms with van der Waals surface area (Å²) in [5.41, 5.74) is 0. The second-order valence-electron chi connectivity index (χ2n) is 3.14. The summed E-state index contributed by atoms with van der Waals surface area (Å²) >= 11 is 9.20.